The number of unbranched alkanes of at least 4 members (excludes halogenated alkanes) is 8. The summed E-state index contributed by atoms with van der Waals surface area (Å²) in [5.41, 5.74) is 0. The first kappa shape index (κ1) is 31.6. The molecular weight excluding hydrogens is 401 g/mol. The number of likely N-dealkylation sites (N-methyl/N-ethyl adjacent to an activating group) is 1. The maximum atomic E-state index is 8.85. The summed E-state index contributed by atoms with van der Waals surface area (Å²) >= 11 is 0. The minimum absolute atomic E-state index is 0. The quantitative estimate of drug-likeness (QED) is 0.328. The summed E-state index contributed by atoms with van der Waals surface area (Å²) in [6.45, 7) is 9.65. The molecule has 0 aromatic heterocycles. The molecule has 0 saturated carbocycles. The standard InChI is InChI=1S/C18H40N2O.C3H8O.Y/c1-4-5-6-7-8-9-11-14-20(17-16-19(2)3)15-12-10-13-18-21;1-2-3-4;/h21H,4-18H2,1-3H3;4H,2-3H2,1H3;. The molecular formula is C21H48N2O2Y. The van der Waals surface area contributed by atoms with Gasteiger partial charge < -0.3 is 20.0 Å². The Kier molecular flexibility index (Phi) is 34.3. The molecule has 5 heteroatoms. The van der Waals surface area contributed by atoms with Gasteiger partial charge in [0.15, 0.2) is 0 Å². The van der Waals surface area contributed by atoms with Crippen molar-refractivity contribution < 1.29 is 42.9 Å². The van der Waals surface area contributed by atoms with E-state index in [0.717, 1.165) is 25.8 Å². The third kappa shape index (κ3) is 29.7. The number of aliphatic hydroxyl groups is 2. The fourth-order valence-electron chi connectivity index (χ4n) is 2.59. The van der Waals surface area contributed by atoms with Gasteiger partial charge in [0.2, 0.25) is 0 Å². The van der Waals surface area contributed by atoms with Crippen molar-refractivity contribution in [3.63, 3.8) is 0 Å². The summed E-state index contributed by atoms with van der Waals surface area (Å²) < 4.78 is 0. The van der Waals surface area contributed by atoms with Crippen molar-refractivity contribution in [2.75, 3.05) is 53.5 Å². The third-order valence-corrected chi connectivity index (χ3v) is 4.30. The molecule has 2 N–H and O–H groups in total. The largest absolute Gasteiger partial charge is 0.396 e. The van der Waals surface area contributed by atoms with E-state index in [1.54, 1.807) is 0 Å². The van der Waals surface area contributed by atoms with Crippen LogP contribution in [0.3, 0.4) is 0 Å². The van der Waals surface area contributed by atoms with Crippen molar-refractivity contribution in [1.29, 1.82) is 0 Å². The van der Waals surface area contributed by atoms with E-state index < -0.39 is 0 Å². The average Bonchev–Trinajstić information content (AvgIpc) is 2.61. The zero-order chi connectivity index (χ0) is 19.2. The maximum absolute atomic E-state index is 8.85. The van der Waals surface area contributed by atoms with Crippen molar-refractivity contribution in [1.82, 2.24) is 9.80 Å². The van der Waals surface area contributed by atoms with Gasteiger partial charge >= 0.3 is 0 Å². The Morgan fingerprint density at radius 1 is 0.538 bits per heavy atom. The Labute approximate surface area is 190 Å². The number of nitrogens with zero attached hydrogens (tertiary/aromatic N) is 2. The summed E-state index contributed by atoms with van der Waals surface area (Å²) in [6, 6.07) is 0. The van der Waals surface area contributed by atoms with E-state index in [4.69, 9.17) is 10.2 Å². The van der Waals surface area contributed by atoms with E-state index in [9.17, 15) is 0 Å². The third-order valence-electron chi connectivity index (χ3n) is 4.30. The summed E-state index contributed by atoms with van der Waals surface area (Å²) in [7, 11) is 4.30. The first-order valence-electron chi connectivity index (χ1n) is 10.7. The van der Waals surface area contributed by atoms with Crippen LogP contribution < -0.4 is 0 Å². The molecule has 0 aliphatic heterocycles. The van der Waals surface area contributed by atoms with Crippen molar-refractivity contribution in [3.05, 3.63) is 0 Å². The van der Waals surface area contributed by atoms with E-state index in [2.05, 4.69) is 30.8 Å². The number of rotatable bonds is 17. The molecule has 26 heavy (non-hydrogen) atoms. The van der Waals surface area contributed by atoms with Gasteiger partial charge in [0.1, 0.15) is 0 Å². The van der Waals surface area contributed by atoms with Crippen LogP contribution in [-0.2, 0) is 32.7 Å². The number of hydrogen-bond acceptors (Lipinski definition) is 4. The molecule has 0 aliphatic rings. The van der Waals surface area contributed by atoms with Gasteiger partial charge in [0.25, 0.3) is 0 Å². The van der Waals surface area contributed by atoms with E-state index in [0.29, 0.717) is 13.2 Å². The Morgan fingerprint density at radius 3 is 1.42 bits per heavy atom. The molecule has 0 fully saturated rings. The molecule has 0 spiro atoms. The molecule has 0 amide bonds. The van der Waals surface area contributed by atoms with Gasteiger partial charge in [-0.25, -0.2) is 0 Å². The number of hydrogen-bond donors (Lipinski definition) is 2. The van der Waals surface area contributed by atoms with Crippen LogP contribution >= 0.6 is 0 Å². The SMILES string of the molecule is CCCCCCCCCN(CCCCCO)CCN(C)C.CCCO.[Y]. The molecule has 0 aromatic rings. The van der Waals surface area contributed by atoms with Gasteiger partial charge in [0.05, 0.1) is 0 Å². The maximum Gasteiger partial charge on any atom is 0.0431 e. The fourth-order valence-corrected chi connectivity index (χ4v) is 2.59. The van der Waals surface area contributed by atoms with Crippen LogP contribution in [0.2, 0.25) is 0 Å². The molecule has 0 unspecified atom stereocenters. The minimum Gasteiger partial charge on any atom is -0.396 e. The van der Waals surface area contributed by atoms with Gasteiger partial charge in [-0.3, -0.25) is 0 Å². The van der Waals surface area contributed by atoms with Crippen molar-refractivity contribution in [2.24, 2.45) is 0 Å². The van der Waals surface area contributed by atoms with Crippen LogP contribution in [0.25, 0.3) is 0 Å². The summed E-state index contributed by atoms with van der Waals surface area (Å²) in [5, 5.41) is 16.7. The Bertz CT molecular complexity index is 230. The first-order chi connectivity index (χ1) is 12.1. The predicted octanol–water partition coefficient (Wildman–Crippen LogP) is 4.15. The van der Waals surface area contributed by atoms with Crippen LogP contribution in [0.15, 0.2) is 0 Å². The summed E-state index contributed by atoms with van der Waals surface area (Å²) in [4.78, 5) is 4.88. The summed E-state index contributed by atoms with van der Waals surface area (Å²) in [6.07, 6.45) is 13.9. The predicted molar refractivity (Wildman–Crippen MR) is 111 cm³/mol. The average molecular weight is 450 g/mol. The molecule has 0 atom stereocenters. The molecule has 0 bridgehead atoms. The zero-order valence-electron chi connectivity index (χ0n) is 18.4. The van der Waals surface area contributed by atoms with Crippen LogP contribution in [-0.4, -0.2) is 73.5 Å². The topological polar surface area (TPSA) is 46.9 Å². The summed E-state index contributed by atoms with van der Waals surface area (Å²) in [5.74, 6) is 0. The molecule has 0 rings (SSSR count). The van der Waals surface area contributed by atoms with Crippen molar-refractivity contribution >= 4 is 0 Å². The number of aliphatic hydroxyl groups excluding tert-OH is 2. The van der Waals surface area contributed by atoms with Crippen LogP contribution in [0, 0.1) is 0 Å². The molecule has 0 aromatic carbocycles. The smallest absolute Gasteiger partial charge is 0.0431 e. The second-order valence-corrected chi connectivity index (χ2v) is 7.27. The van der Waals surface area contributed by atoms with E-state index >= 15 is 0 Å². The van der Waals surface area contributed by atoms with E-state index in [1.807, 2.05) is 6.92 Å². The van der Waals surface area contributed by atoms with Gasteiger partial charge in [-0.15, -0.1) is 0 Å². The molecule has 0 aliphatic carbocycles. The molecule has 1 radical (unpaired) electrons. The van der Waals surface area contributed by atoms with Crippen LogP contribution in [0.1, 0.15) is 84.5 Å². The normalized spacial score (nSPS) is 10.6. The minimum atomic E-state index is 0. The second kappa shape index (κ2) is 28.2. The van der Waals surface area contributed by atoms with Crippen molar-refractivity contribution in [2.45, 2.75) is 84.5 Å². The Hall–Kier alpha value is 0.944. The van der Waals surface area contributed by atoms with Gasteiger partial charge in [-0.1, -0.05) is 52.4 Å². The van der Waals surface area contributed by atoms with E-state index in [1.165, 1.54) is 71.0 Å². The van der Waals surface area contributed by atoms with Gasteiger partial charge in [-0.05, 0) is 59.3 Å². The second-order valence-electron chi connectivity index (χ2n) is 7.27. The van der Waals surface area contributed by atoms with Crippen LogP contribution in [0.5, 0.6) is 0 Å². The Balaban J connectivity index is -0.000000951. The van der Waals surface area contributed by atoms with E-state index in [-0.39, 0.29) is 32.7 Å². The first-order valence-corrected chi connectivity index (χ1v) is 10.7. The van der Waals surface area contributed by atoms with Gasteiger partial charge in [-0.2, -0.15) is 0 Å². The zero-order valence-corrected chi connectivity index (χ0v) is 21.2. The van der Waals surface area contributed by atoms with Gasteiger partial charge in [0, 0.05) is 59.0 Å². The molecule has 4 nitrogen and oxygen atoms in total. The van der Waals surface area contributed by atoms with Crippen molar-refractivity contribution in [3.8, 4) is 0 Å². The monoisotopic (exact) mass is 449 g/mol. The molecule has 157 valence electrons. The van der Waals surface area contributed by atoms with Crippen LogP contribution in [0.4, 0.5) is 0 Å². The Morgan fingerprint density at radius 2 is 1.00 bits per heavy atom. The molecule has 0 saturated heterocycles. The fraction of sp³-hybridized carbons (Fsp3) is 1.00. The molecule has 0 heterocycles.